The van der Waals surface area contributed by atoms with E-state index in [1.807, 2.05) is 10.9 Å². The number of aryl methyl sites for hydroxylation is 2. The van der Waals surface area contributed by atoms with Crippen molar-refractivity contribution in [2.24, 2.45) is 0 Å². The van der Waals surface area contributed by atoms with Crippen LogP contribution in [0, 0.1) is 0 Å². The highest BCUT2D eigenvalue weighted by Gasteiger charge is 2.24. The third-order valence-electron chi connectivity index (χ3n) is 5.23. The summed E-state index contributed by atoms with van der Waals surface area (Å²) in [7, 11) is 0. The zero-order chi connectivity index (χ0) is 17.9. The van der Waals surface area contributed by atoms with Crippen molar-refractivity contribution < 1.29 is 14.3 Å². The number of nitrogens with zero attached hydrogens (tertiary/aromatic N) is 3. The Balaban J connectivity index is 0.000000144. The molecule has 3 aliphatic rings. The SMILES string of the molecule is O=C1CCCc2[nH]ncc21.O=C1CCCc2nn(C3CCCCO3)cc21. The third-order valence-corrected chi connectivity index (χ3v) is 5.23. The number of ketones is 2. The van der Waals surface area contributed by atoms with Crippen molar-refractivity contribution in [1.29, 1.82) is 0 Å². The average Bonchev–Trinajstić information content (AvgIpc) is 3.31. The number of hydrogen-bond donors (Lipinski definition) is 1. The monoisotopic (exact) mass is 356 g/mol. The third kappa shape index (κ3) is 3.49. The van der Waals surface area contributed by atoms with E-state index in [4.69, 9.17) is 4.74 Å². The standard InChI is InChI=1S/C12H16N2O2.C7H8N2O/c15-11-5-3-4-10-9(11)8-14(13-10)12-6-1-2-7-16-12;10-7-3-1-2-6-5(7)4-8-9-6/h8,12H,1-7H2;4H,1-3H2,(H,8,9). The van der Waals surface area contributed by atoms with Crippen LogP contribution in [0.5, 0.6) is 0 Å². The van der Waals surface area contributed by atoms with Crippen LogP contribution in [0.15, 0.2) is 12.4 Å². The quantitative estimate of drug-likeness (QED) is 0.848. The smallest absolute Gasteiger partial charge is 0.166 e. The molecule has 7 nitrogen and oxygen atoms in total. The molecular weight excluding hydrogens is 332 g/mol. The molecular formula is C19H24N4O3. The predicted molar refractivity (Wildman–Crippen MR) is 94.2 cm³/mol. The number of carbonyl (C=O) groups is 2. The Labute approximate surface area is 152 Å². The first-order chi connectivity index (χ1) is 12.7. The van der Waals surface area contributed by atoms with E-state index in [9.17, 15) is 9.59 Å². The molecule has 5 rings (SSSR count). The van der Waals surface area contributed by atoms with Gasteiger partial charge in [-0.15, -0.1) is 0 Å². The van der Waals surface area contributed by atoms with Crippen LogP contribution < -0.4 is 0 Å². The number of nitrogens with one attached hydrogen (secondary N) is 1. The fraction of sp³-hybridized carbons (Fsp3) is 0.579. The molecule has 0 spiro atoms. The number of ether oxygens (including phenoxy) is 1. The molecule has 26 heavy (non-hydrogen) atoms. The molecule has 1 N–H and O–H groups in total. The van der Waals surface area contributed by atoms with Gasteiger partial charge in [0.1, 0.15) is 6.23 Å². The lowest BCUT2D eigenvalue weighted by Gasteiger charge is -2.22. The summed E-state index contributed by atoms with van der Waals surface area (Å²) in [6.45, 7) is 0.809. The minimum absolute atomic E-state index is 0.0483. The molecule has 2 aromatic rings. The van der Waals surface area contributed by atoms with Crippen molar-refractivity contribution in [2.75, 3.05) is 6.61 Å². The summed E-state index contributed by atoms with van der Waals surface area (Å²) in [6.07, 6.45) is 12.0. The maximum atomic E-state index is 11.7. The minimum Gasteiger partial charge on any atom is -0.357 e. The van der Waals surface area contributed by atoms with Crippen LogP contribution in [-0.4, -0.2) is 38.2 Å². The largest absolute Gasteiger partial charge is 0.357 e. The second-order valence-electron chi connectivity index (χ2n) is 7.11. The average molecular weight is 356 g/mol. The molecule has 2 aliphatic carbocycles. The first kappa shape index (κ1) is 17.1. The summed E-state index contributed by atoms with van der Waals surface area (Å²) >= 11 is 0. The molecule has 1 atom stereocenters. The topological polar surface area (TPSA) is 89.9 Å². The molecule has 3 heterocycles. The highest BCUT2D eigenvalue weighted by atomic mass is 16.5. The molecule has 0 saturated carbocycles. The Kier molecular flexibility index (Phi) is 4.97. The molecule has 1 fully saturated rings. The van der Waals surface area contributed by atoms with E-state index in [0.29, 0.717) is 12.8 Å². The van der Waals surface area contributed by atoms with Gasteiger partial charge in [0.25, 0.3) is 0 Å². The van der Waals surface area contributed by atoms with Gasteiger partial charge in [-0.05, 0) is 44.9 Å². The number of Topliss-reactive ketones (excluding diaryl/α,β-unsaturated/α-hetero) is 2. The molecule has 0 amide bonds. The summed E-state index contributed by atoms with van der Waals surface area (Å²) in [5.74, 6) is 0.471. The zero-order valence-corrected chi connectivity index (χ0v) is 14.9. The van der Waals surface area contributed by atoms with Gasteiger partial charge in [0, 0.05) is 31.3 Å². The zero-order valence-electron chi connectivity index (χ0n) is 14.9. The van der Waals surface area contributed by atoms with Gasteiger partial charge in [0.15, 0.2) is 11.6 Å². The van der Waals surface area contributed by atoms with E-state index < -0.39 is 0 Å². The Morgan fingerprint density at radius 3 is 2.54 bits per heavy atom. The van der Waals surface area contributed by atoms with Crippen molar-refractivity contribution in [2.45, 2.75) is 64.0 Å². The maximum absolute atomic E-state index is 11.7. The normalized spacial score (nSPS) is 22.2. The molecule has 0 bridgehead atoms. The number of H-pyrrole nitrogens is 1. The Morgan fingerprint density at radius 2 is 1.81 bits per heavy atom. The molecule has 1 saturated heterocycles. The molecule has 0 radical (unpaired) electrons. The highest BCUT2D eigenvalue weighted by Crippen LogP contribution is 2.26. The second kappa shape index (κ2) is 7.53. The molecule has 0 aromatic carbocycles. The lowest BCUT2D eigenvalue weighted by Crippen LogP contribution is -2.18. The van der Waals surface area contributed by atoms with E-state index >= 15 is 0 Å². The van der Waals surface area contributed by atoms with Gasteiger partial charge in [-0.2, -0.15) is 10.2 Å². The lowest BCUT2D eigenvalue weighted by molar-refractivity contribution is -0.0396. The van der Waals surface area contributed by atoms with Crippen LogP contribution in [0.4, 0.5) is 0 Å². The van der Waals surface area contributed by atoms with Gasteiger partial charge in [0.05, 0.1) is 23.0 Å². The van der Waals surface area contributed by atoms with E-state index in [0.717, 1.165) is 67.6 Å². The first-order valence-corrected chi connectivity index (χ1v) is 9.50. The minimum atomic E-state index is 0.0483. The summed E-state index contributed by atoms with van der Waals surface area (Å²) < 4.78 is 7.52. The number of rotatable bonds is 1. The van der Waals surface area contributed by atoms with E-state index in [1.54, 1.807) is 6.20 Å². The van der Waals surface area contributed by atoms with Crippen LogP contribution in [0.1, 0.15) is 83.3 Å². The summed E-state index contributed by atoms with van der Waals surface area (Å²) in [5.41, 5.74) is 3.59. The molecule has 2 aromatic heterocycles. The number of fused-ring (bicyclic) bond motifs is 2. The Bertz CT molecular complexity index is 802. The number of aromatic amines is 1. The molecule has 138 valence electrons. The van der Waals surface area contributed by atoms with Gasteiger partial charge in [0.2, 0.25) is 0 Å². The first-order valence-electron chi connectivity index (χ1n) is 9.50. The van der Waals surface area contributed by atoms with E-state index in [1.165, 1.54) is 6.42 Å². The Hall–Kier alpha value is -2.28. The van der Waals surface area contributed by atoms with Gasteiger partial charge >= 0.3 is 0 Å². The van der Waals surface area contributed by atoms with Crippen molar-refractivity contribution in [3.05, 3.63) is 34.9 Å². The number of hydrogen-bond acceptors (Lipinski definition) is 5. The van der Waals surface area contributed by atoms with Crippen LogP contribution >= 0.6 is 0 Å². The molecule has 1 aliphatic heterocycles. The lowest BCUT2D eigenvalue weighted by atomic mass is 9.97. The highest BCUT2D eigenvalue weighted by molar-refractivity contribution is 5.98. The van der Waals surface area contributed by atoms with Gasteiger partial charge < -0.3 is 4.74 Å². The number of aromatic nitrogens is 4. The second-order valence-corrected chi connectivity index (χ2v) is 7.11. The van der Waals surface area contributed by atoms with Crippen LogP contribution in [0.3, 0.4) is 0 Å². The summed E-state index contributed by atoms with van der Waals surface area (Å²) in [4.78, 5) is 22.8. The fourth-order valence-electron chi connectivity index (χ4n) is 3.78. The maximum Gasteiger partial charge on any atom is 0.166 e. The van der Waals surface area contributed by atoms with Gasteiger partial charge in [-0.3, -0.25) is 14.7 Å². The van der Waals surface area contributed by atoms with E-state index in [-0.39, 0.29) is 17.8 Å². The predicted octanol–water partition coefficient (Wildman–Crippen LogP) is 3.03. The fourth-order valence-corrected chi connectivity index (χ4v) is 3.78. The van der Waals surface area contributed by atoms with Crippen LogP contribution in [-0.2, 0) is 17.6 Å². The van der Waals surface area contributed by atoms with Gasteiger partial charge in [-0.25, -0.2) is 4.68 Å². The molecule has 1 unspecified atom stereocenters. The van der Waals surface area contributed by atoms with Crippen LogP contribution in [0.25, 0.3) is 0 Å². The Morgan fingerprint density at radius 1 is 1.00 bits per heavy atom. The molecule has 7 heteroatoms. The van der Waals surface area contributed by atoms with E-state index in [2.05, 4.69) is 15.3 Å². The van der Waals surface area contributed by atoms with Crippen LogP contribution in [0.2, 0.25) is 0 Å². The summed E-state index contributed by atoms with van der Waals surface area (Å²) in [6, 6.07) is 0. The van der Waals surface area contributed by atoms with Crippen molar-refractivity contribution >= 4 is 11.6 Å². The van der Waals surface area contributed by atoms with Crippen molar-refractivity contribution in [3.8, 4) is 0 Å². The van der Waals surface area contributed by atoms with Crippen molar-refractivity contribution in [3.63, 3.8) is 0 Å². The number of carbonyl (C=O) groups excluding carboxylic acids is 2. The summed E-state index contributed by atoms with van der Waals surface area (Å²) in [5, 5.41) is 11.1. The van der Waals surface area contributed by atoms with Crippen molar-refractivity contribution in [1.82, 2.24) is 20.0 Å². The van der Waals surface area contributed by atoms with Gasteiger partial charge in [-0.1, -0.05) is 0 Å².